The number of hydrogen-bond acceptors (Lipinski definition) is 5. The Morgan fingerprint density at radius 1 is 1.11 bits per heavy atom. The van der Waals surface area contributed by atoms with Crippen LogP contribution in [-0.2, 0) is 0 Å². The molecular formula is C22H20N2O2S. The first-order valence-corrected chi connectivity index (χ1v) is 10.1. The van der Waals surface area contributed by atoms with Crippen LogP contribution in [0.5, 0.6) is 11.5 Å². The fourth-order valence-electron chi connectivity index (χ4n) is 3.74. The summed E-state index contributed by atoms with van der Waals surface area (Å²) in [6, 6.07) is 20.8. The summed E-state index contributed by atoms with van der Waals surface area (Å²) < 4.78 is 12.0. The van der Waals surface area contributed by atoms with E-state index in [4.69, 9.17) is 14.6 Å². The molecule has 0 saturated carbocycles. The Labute approximate surface area is 162 Å². The Kier molecular flexibility index (Phi) is 4.09. The van der Waals surface area contributed by atoms with Crippen LogP contribution < -0.4 is 9.47 Å². The van der Waals surface area contributed by atoms with Crippen LogP contribution in [0.3, 0.4) is 0 Å². The molecule has 2 aliphatic heterocycles. The van der Waals surface area contributed by atoms with E-state index in [2.05, 4.69) is 52.9 Å². The molecule has 0 saturated heterocycles. The van der Waals surface area contributed by atoms with E-state index in [0.717, 1.165) is 29.2 Å². The van der Waals surface area contributed by atoms with Crippen molar-refractivity contribution in [3.8, 4) is 11.5 Å². The zero-order chi connectivity index (χ0) is 18.2. The van der Waals surface area contributed by atoms with Crippen LogP contribution in [0.15, 0.2) is 71.1 Å². The first-order chi connectivity index (χ1) is 13.3. The number of ether oxygens (including phenoxy) is 2. The molecule has 0 bridgehead atoms. The second-order valence-electron chi connectivity index (χ2n) is 6.63. The maximum atomic E-state index is 6.38. The van der Waals surface area contributed by atoms with Crippen LogP contribution in [-0.4, -0.2) is 17.3 Å². The summed E-state index contributed by atoms with van der Waals surface area (Å²) in [5.41, 5.74) is 3.41. The van der Waals surface area contributed by atoms with Gasteiger partial charge in [-0.25, -0.2) is 5.01 Å². The number of benzene rings is 2. The first kappa shape index (κ1) is 16.4. The standard InChI is InChI=1S/C22H20N2O2S/c1-2-25-16-11-9-15(10-12-16)22-24-19(17-6-3-4-7-20(17)26-22)14-18(23-24)21-8-5-13-27-21/h3-13,19,22H,2,14H2,1H3. The van der Waals surface area contributed by atoms with Crippen molar-refractivity contribution in [2.75, 3.05) is 6.61 Å². The molecular weight excluding hydrogens is 356 g/mol. The zero-order valence-electron chi connectivity index (χ0n) is 15.0. The lowest BCUT2D eigenvalue weighted by atomic mass is 9.98. The van der Waals surface area contributed by atoms with Crippen LogP contribution in [0.4, 0.5) is 0 Å². The number of thiophene rings is 1. The van der Waals surface area contributed by atoms with E-state index < -0.39 is 0 Å². The third-order valence-corrected chi connectivity index (χ3v) is 5.90. The minimum absolute atomic E-state index is 0.198. The Morgan fingerprint density at radius 3 is 2.74 bits per heavy atom. The van der Waals surface area contributed by atoms with Gasteiger partial charge in [0.05, 0.1) is 23.2 Å². The maximum Gasteiger partial charge on any atom is 0.213 e. The van der Waals surface area contributed by atoms with Gasteiger partial charge < -0.3 is 9.47 Å². The average Bonchev–Trinajstić information content (AvgIpc) is 3.38. The van der Waals surface area contributed by atoms with Gasteiger partial charge in [0.2, 0.25) is 6.23 Å². The van der Waals surface area contributed by atoms with Gasteiger partial charge in [0, 0.05) is 17.5 Å². The summed E-state index contributed by atoms with van der Waals surface area (Å²) in [6.45, 7) is 2.65. The summed E-state index contributed by atoms with van der Waals surface area (Å²) in [7, 11) is 0. The summed E-state index contributed by atoms with van der Waals surface area (Å²) in [6.07, 6.45) is 0.659. The highest BCUT2D eigenvalue weighted by atomic mass is 32.1. The molecule has 3 heterocycles. The highest BCUT2D eigenvalue weighted by Crippen LogP contribution is 2.47. The largest absolute Gasteiger partial charge is 0.494 e. The molecule has 4 nitrogen and oxygen atoms in total. The van der Waals surface area contributed by atoms with E-state index in [1.165, 1.54) is 10.4 Å². The average molecular weight is 376 g/mol. The van der Waals surface area contributed by atoms with E-state index in [1.807, 2.05) is 25.1 Å². The van der Waals surface area contributed by atoms with Crippen LogP contribution in [0.25, 0.3) is 0 Å². The molecule has 2 atom stereocenters. The lowest BCUT2D eigenvalue weighted by Crippen LogP contribution is -2.33. The summed E-state index contributed by atoms with van der Waals surface area (Å²) >= 11 is 1.74. The van der Waals surface area contributed by atoms with Crippen LogP contribution >= 0.6 is 11.3 Å². The lowest BCUT2D eigenvalue weighted by Gasteiger charge is -2.38. The Hall–Kier alpha value is -2.79. The molecule has 5 rings (SSSR count). The second kappa shape index (κ2) is 6.74. The van der Waals surface area contributed by atoms with E-state index in [-0.39, 0.29) is 12.3 Å². The molecule has 0 aliphatic carbocycles. The van der Waals surface area contributed by atoms with Crippen molar-refractivity contribution in [3.63, 3.8) is 0 Å². The van der Waals surface area contributed by atoms with Gasteiger partial charge in [-0.05, 0) is 48.7 Å². The molecule has 0 amide bonds. The number of fused-ring (bicyclic) bond motifs is 3. The second-order valence-corrected chi connectivity index (χ2v) is 7.58. The molecule has 0 fully saturated rings. The zero-order valence-corrected chi connectivity index (χ0v) is 15.9. The molecule has 0 N–H and O–H groups in total. The molecule has 5 heteroatoms. The topological polar surface area (TPSA) is 34.1 Å². The van der Waals surface area contributed by atoms with Gasteiger partial charge in [0.1, 0.15) is 11.5 Å². The SMILES string of the molecule is CCOc1ccc(C2Oc3ccccc3C3CC(c4cccs4)=NN32)cc1. The number of para-hydroxylation sites is 1. The summed E-state index contributed by atoms with van der Waals surface area (Å²) in [5, 5.41) is 9.19. The summed E-state index contributed by atoms with van der Waals surface area (Å²) in [5.74, 6) is 1.82. The van der Waals surface area contributed by atoms with Crippen molar-refractivity contribution in [1.82, 2.24) is 5.01 Å². The van der Waals surface area contributed by atoms with Crippen molar-refractivity contribution in [1.29, 1.82) is 0 Å². The smallest absolute Gasteiger partial charge is 0.213 e. The lowest BCUT2D eigenvalue weighted by molar-refractivity contribution is -0.0190. The quantitative estimate of drug-likeness (QED) is 0.612. The molecule has 2 aliphatic rings. The molecule has 0 spiro atoms. The number of hydrogen-bond donors (Lipinski definition) is 0. The fraction of sp³-hybridized carbons (Fsp3) is 0.227. The third kappa shape index (κ3) is 2.88. The van der Waals surface area contributed by atoms with Gasteiger partial charge in [-0.1, -0.05) is 24.3 Å². The molecule has 136 valence electrons. The highest BCUT2D eigenvalue weighted by Gasteiger charge is 2.40. The van der Waals surface area contributed by atoms with Gasteiger partial charge in [-0.2, -0.15) is 5.10 Å². The van der Waals surface area contributed by atoms with Gasteiger partial charge in [-0.15, -0.1) is 11.3 Å². The Morgan fingerprint density at radius 2 is 1.96 bits per heavy atom. The van der Waals surface area contributed by atoms with Crippen molar-refractivity contribution >= 4 is 17.0 Å². The molecule has 2 aromatic carbocycles. The molecule has 3 aromatic rings. The number of nitrogens with zero attached hydrogens (tertiary/aromatic N) is 2. The summed E-state index contributed by atoms with van der Waals surface area (Å²) in [4.78, 5) is 1.23. The van der Waals surface area contributed by atoms with Crippen molar-refractivity contribution < 1.29 is 9.47 Å². The van der Waals surface area contributed by atoms with Crippen molar-refractivity contribution in [2.45, 2.75) is 25.6 Å². The van der Waals surface area contributed by atoms with Crippen LogP contribution in [0, 0.1) is 0 Å². The van der Waals surface area contributed by atoms with E-state index in [1.54, 1.807) is 11.3 Å². The highest BCUT2D eigenvalue weighted by molar-refractivity contribution is 7.12. The van der Waals surface area contributed by atoms with Gasteiger partial charge in [0.15, 0.2) is 0 Å². The minimum atomic E-state index is -0.238. The fourth-order valence-corrected chi connectivity index (χ4v) is 4.46. The predicted molar refractivity (Wildman–Crippen MR) is 107 cm³/mol. The van der Waals surface area contributed by atoms with Crippen LogP contribution in [0.1, 0.15) is 41.6 Å². The number of rotatable bonds is 4. The maximum absolute atomic E-state index is 6.38. The monoisotopic (exact) mass is 376 g/mol. The molecule has 27 heavy (non-hydrogen) atoms. The molecule has 1 aromatic heterocycles. The van der Waals surface area contributed by atoms with Crippen LogP contribution in [0.2, 0.25) is 0 Å². The van der Waals surface area contributed by atoms with Crippen molar-refractivity contribution in [3.05, 3.63) is 82.0 Å². The predicted octanol–water partition coefficient (Wildman–Crippen LogP) is 5.39. The number of hydrazone groups is 1. The minimum Gasteiger partial charge on any atom is -0.494 e. The first-order valence-electron chi connectivity index (χ1n) is 9.21. The molecule has 0 radical (unpaired) electrons. The normalized spacial score (nSPS) is 20.5. The van der Waals surface area contributed by atoms with Crippen molar-refractivity contribution in [2.24, 2.45) is 5.10 Å². The van der Waals surface area contributed by atoms with Gasteiger partial charge in [0.25, 0.3) is 0 Å². The Balaban J connectivity index is 1.54. The molecule has 2 unspecified atom stereocenters. The van der Waals surface area contributed by atoms with E-state index in [0.29, 0.717) is 6.61 Å². The third-order valence-electron chi connectivity index (χ3n) is 4.98. The van der Waals surface area contributed by atoms with E-state index in [9.17, 15) is 0 Å². The van der Waals surface area contributed by atoms with Gasteiger partial charge in [-0.3, -0.25) is 0 Å². The van der Waals surface area contributed by atoms with E-state index >= 15 is 0 Å². The Bertz CT molecular complexity index is 966. The van der Waals surface area contributed by atoms with Gasteiger partial charge >= 0.3 is 0 Å².